The van der Waals surface area contributed by atoms with E-state index in [1.165, 1.54) is 24.0 Å². The Kier molecular flexibility index (Phi) is 6.45. The van der Waals surface area contributed by atoms with Crippen LogP contribution in [0.3, 0.4) is 0 Å². The van der Waals surface area contributed by atoms with E-state index in [-0.39, 0.29) is 24.9 Å². The average Bonchev–Trinajstić information content (AvgIpc) is 2.52. The molecule has 1 aliphatic rings. The van der Waals surface area contributed by atoms with Crippen molar-refractivity contribution in [1.29, 1.82) is 0 Å². The summed E-state index contributed by atoms with van der Waals surface area (Å²) in [4.78, 5) is 23.6. The fourth-order valence-corrected chi connectivity index (χ4v) is 3.01. The molecule has 2 amide bonds. The first kappa shape index (κ1) is 19.3. The summed E-state index contributed by atoms with van der Waals surface area (Å²) in [5.41, 5.74) is 3.45. The molecule has 0 bridgehead atoms. The van der Waals surface area contributed by atoms with Gasteiger partial charge in [-0.25, -0.2) is 4.79 Å². The minimum atomic E-state index is -0.534. The maximum atomic E-state index is 12.1. The second kappa shape index (κ2) is 8.37. The van der Waals surface area contributed by atoms with Gasteiger partial charge in [0.05, 0.1) is 6.04 Å². The first-order chi connectivity index (χ1) is 11.7. The van der Waals surface area contributed by atoms with Gasteiger partial charge in [-0.2, -0.15) is 0 Å². The van der Waals surface area contributed by atoms with E-state index in [1.54, 1.807) is 20.8 Å². The number of carbonyl (C=O) groups is 2. The Morgan fingerprint density at radius 2 is 1.84 bits per heavy atom. The molecule has 0 saturated heterocycles. The highest BCUT2D eigenvalue weighted by molar-refractivity contribution is 5.77. The van der Waals surface area contributed by atoms with Crippen LogP contribution in [0.2, 0.25) is 0 Å². The number of fused-ring (bicyclic) bond motifs is 1. The second-order valence-electron chi connectivity index (χ2n) is 7.70. The smallest absolute Gasteiger partial charge is 0.407 e. The number of aryl methyl sites for hydroxylation is 2. The van der Waals surface area contributed by atoms with Crippen LogP contribution in [-0.4, -0.2) is 24.1 Å². The molecule has 0 radical (unpaired) electrons. The van der Waals surface area contributed by atoms with Gasteiger partial charge in [-0.05, 0) is 70.1 Å². The summed E-state index contributed by atoms with van der Waals surface area (Å²) in [6, 6.07) is 6.48. The molecule has 5 heteroatoms. The quantitative estimate of drug-likeness (QED) is 0.855. The molecular formula is C20H30N2O3. The van der Waals surface area contributed by atoms with Crippen LogP contribution in [-0.2, 0) is 22.4 Å². The lowest BCUT2D eigenvalue weighted by Gasteiger charge is -2.21. The fraction of sp³-hybridized carbons (Fsp3) is 0.600. The van der Waals surface area contributed by atoms with Crippen molar-refractivity contribution in [2.75, 3.05) is 6.54 Å². The van der Waals surface area contributed by atoms with E-state index in [0.717, 1.165) is 18.4 Å². The van der Waals surface area contributed by atoms with Crippen molar-refractivity contribution in [3.05, 3.63) is 34.9 Å². The Morgan fingerprint density at radius 1 is 1.16 bits per heavy atom. The van der Waals surface area contributed by atoms with Gasteiger partial charge in [0.2, 0.25) is 5.91 Å². The van der Waals surface area contributed by atoms with E-state index in [2.05, 4.69) is 28.8 Å². The predicted molar refractivity (Wildman–Crippen MR) is 98.5 cm³/mol. The number of amides is 2. The van der Waals surface area contributed by atoms with Crippen LogP contribution in [0.4, 0.5) is 4.79 Å². The molecule has 1 atom stereocenters. The SMILES string of the molecule is C[C@H](NC(=O)CCNC(=O)OC(C)(C)C)c1ccc2c(c1)CCCC2. The van der Waals surface area contributed by atoms with Crippen LogP contribution < -0.4 is 10.6 Å². The van der Waals surface area contributed by atoms with Gasteiger partial charge in [0.1, 0.15) is 5.60 Å². The number of hydrogen-bond acceptors (Lipinski definition) is 3. The maximum absolute atomic E-state index is 12.1. The number of rotatable bonds is 5. The number of hydrogen-bond donors (Lipinski definition) is 2. The topological polar surface area (TPSA) is 67.4 Å². The average molecular weight is 346 g/mol. The molecular weight excluding hydrogens is 316 g/mol. The van der Waals surface area contributed by atoms with Gasteiger partial charge in [-0.1, -0.05) is 18.2 Å². The highest BCUT2D eigenvalue weighted by Gasteiger charge is 2.17. The summed E-state index contributed by atoms with van der Waals surface area (Å²) in [6.45, 7) is 7.67. The molecule has 0 saturated carbocycles. The lowest BCUT2D eigenvalue weighted by atomic mass is 9.89. The van der Waals surface area contributed by atoms with Gasteiger partial charge in [0.15, 0.2) is 0 Å². The minimum Gasteiger partial charge on any atom is -0.444 e. The summed E-state index contributed by atoms with van der Waals surface area (Å²) in [6.07, 6.45) is 4.53. The highest BCUT2D eigenvalue weighted by atomic mass is 16.6. The number of ether oxygens (including phenoxy) is 1. The van der Waals surface area contributed by atoms with Crippen LogP contribution in [0.1, 0.15) is 69.7 Å². The van der Waals surface area contributed by atoms with Gasteiger partial charge in [-0.3, -0.25) is 4.79 Å². The zero-order chi connectivity index (χ0) is 18.4. The van der Waals surface area contributed by atoms with Crippen LogP contribution in [0.25, 0.3) is 0 Å². The van der Waals surface area contributed by atoms with Crippen molar-refractivity contribution >= 4 is 12.0 Å². The Labute approximate surface area is 150 Å². The molecule has 0 aromatic heterocycles. The summed E-state index contributed by atoms with van der Waals surface area (Å²) in [7, 11) is 0. The van der Waals surface area contributed by atoms with E-state index in [0.29, 0.717) is 0 Å². The van der Waals surface area contributed by atoms with Gasteiger partial charge >= 0.3 is 6.09 Å². The number of benzene rings is 1. The molecule has 1 aliphatic carbocycles. The molecule has 1 aromatic carbocycles. The van der Waals surface area contributed by atoms with Gasteiger partial charge in [0, 0.05) is 13.0 Å². The minimum absolute atomic E-state index is 0.0405. The molecule has 2 rings (SSSR count). The Balaban J connectivity index is 1.77. The molecule has 25 heavy (non-hydrogen) atoms. The third-order valence-electron chi connectivity index (χ3n) is 4.27. The van der Waals surface area contributed by atoms with Crippen molar-refractivity contribution in [3.63, 3.8) is 0 Å². The van der Waals surface area contributed by atoms with E-state index >= 15 is 0 Å². The number of nitrogens with one attached hydrogen (secondary N) is 2. The standard InChI is InChI=1S/C20H30N2O3/c1-14(16-10-9-15-7-5-6-8-17(15)13-16)22-18(23)11-12-21-19(24)25-20(2,3)4/h9-10,13-14H,5-8,11-12H2,1-4H3,(H,21,24)(H,22,23)/t14-/m0/s1. The zero-order valence-electron chi connectivity index (χ0n) is 15.8. The van der Waals surface area contributed by atoms with Crippen LogP contribution >= 0.6 is 0 Å². The molecule has 0 heterocycles. The first-order valence-corrected chi connectivity index (χ1v) is 9.12. The van der Waals surface area contributed by atoms with Crippen molar-refractivity contribution in [2.24, 2.45) is 0 Å². The lowest BCUT2D eigenvalue weighted by Crippen LogP contribution is -2.35. The van der Waals surface area contributed by atoms with Crippen LogP contribution in [0.5, 0.6) is 0 Å². The summed E-state index contributed by atoms with van der Waals surface area (Å²) < 4.78 is 5.14. The first-order valence-electron chi connectivity index (χ1n) is 9.12. The second-order valence-corrected chi connectivity index (χ2v) is 7.70. The molecule has 2 N–H and O–H groups in total. The predicted octanol–water partition coefficient (Wildman–Crippen LogP) is 3.66. The van der Waals surface area contributed by atoms with E-state index in [4.69, 9.17) is 4.74 Å². The summed E-state index contributed by atoms with van der Waals surface area (Å²) in [5.74, 6) is -0.0821. The van der Waals surface area contributed by atoms with E-state index < -0.39 is 11.7 Å². The Morgan fingerprint density at radius 3 is 2.52 bits per heavy atom. The molecule has 0 aliphatic heterocycles. The van der Waals surface area contributed by atoms with E-state index in [1.807, 2.05) is 6.92 Å². The monoisotopic (exact) mass is 346 g/mol. The molecule has 0 fully saturated rings. The fourth-order valence-electron chi connectivity index (χ4n) is 3.01. The zero-order valence-corrected chi connectivity index (χ0v) is 15.8. The van der Waals surface area contributed by atoms with E-state index in [9.17, 15) is 9.59 Å². The maximum Gasteiger partial charge on any atom is 0.407 e. The molecule has 0 spiro atoms. The summed E-state index contributed by atoms with van der Waals surface area (Å²) >= 11 is 0. The Bertz CT molecular complexity index is 620. The number of alkyl carbamates (subject to hydrolysis) is 1. The summed E-state index contributed by atoms with van der Waals surface area (Å²) in [5, 5.41) is 5.60. The normalized spacial score (nSPS) is 15.0. The highest BCUT2D eigenvalue weighted by Crippen LogP contribution is 2.24. The molecule has 138 valence electrons. The van der Waals surface area contributed by atoms with Crippen LogP contribution in [0, 0.1) is 0 Å². The van der Waals surface area contributed by atoms with Gasteiger partial charge in [-0.15, -0.1) is 0 Å². The Hall–Kier alpha value is -2.04. The van der Waals surface area contributed by atoms with Gasteiger partial charge < -0.3 is 15.4 Å². The largest absolute Gasteiger partial charge is 0.444 e. The number of carbonyl (C=O) groups excluding carboxylic acids is 2. The van der Waals surface area contributed by atoms with Gasteiger partial charge in [0.25, 0.3) is 0 Å². The van der Waals surface area contributed by atoms with Crippen molar-refractivity contribution in [1.82, 2.24) is 10.6 Å². The molecule has 1 aromatic rings. The lowest BCUT2D eigenvalue weighted by molar-refractivity contribution is -0.121. The van der Waals surface area contributed by atoms with Crippen LogP contribution in [0.15, 0.2) is 18.2 Å². The third-order valence-corrected chi connectivity index (χ3v) is 4.27. The van der Waals surface area contributed by atoms with Crippen molar-refractivity contribution in [3.8, 4) is 0 Å². The van der Waals surface area contributed by atoms with Crippen molar-refractivity contribution < 1.29 is 14.3 Å². The molecule has 0 unspecified atom stereocenters. The third kappa shape index (κ3) is 6.40. The molecule has 5 nitrogen and oxygen atoms in total. The van der Waals surface area contributed by atoms with Crippen molar-refractivity contribution in [2.45, 2.75) is 71.4 Å².